The smallest absolute Gasteiger partial charge is 0.186 e. The molecule has 2 aromatic carbocycles. The zero-order valence-corrected chi connectivity index (χ0v) is 20.3. The van der Waals surface area contributed by atoms with E-state index in [9.17, 15) is 5.11 Å². The van der Waals surface area contributed by atoms with Gasteiger partial charge in [0, 0.05) is 49.1 Å². The van der Waals surface area contributed by atoms with E-state index in [1.54, 1.807) is 11.3 Å². The Kier molecular flexibility index (Phi) is 6.54. The van der Waals surface area contributed by atoms with Crippen molar-refractivity contribution < 1.29 is 5.11 Å². The Morgan fingerprint density at radius 3 is 2.47 bits per heavy atom. The number of phenols is 1. The van der Waals surface area contributed by atoms with Crippen LogP contribution in [0.15, 0.2) is 29.3 Å². The van der Waals surface area contributed by atoms with Crippen molar-refractivity contribution in [3.05, 3.63) is 34.6 Å². The highest BCUT2D eigenvalue weighted by molar-refractivity contribution is 7.16. The van der Waals surface area contributed by atoms with Crippen LogP contribution in [0.1, 0.15) is 44.1 Å². The van der Waals surface area contributed by atoms with Gasteiger partial charge >= 0.3 is 0 Å². The molecule has 32 heavy (non-hydrogen) atoms. The number of piperazine rings is 1. The van der Waals surface area contributed by atoms with Crippen molar-refractivity contribution in [1.29, 1.82) is 0 Å². The van der Waals surface area contributed by atoms with Crippen LogP contribution in [-0.2, 0) is 6.54 Å². The van der Waals surface area contributed by atoms with Gasteiger partial charge in [-0.15, -0.1) is 0 Å². The van der Waals surface area contributed by atoms with Gasteiger partial charge in [0.25, 0.3) is 0 Å². The summed E-state index contributed by atoms with van der Waals surface area (Å²) in [5.74, 6) is 0.420. The molecular weight excluding hydrogens is 416 g/mol. The Labute approximate surface area is 195 Å². The average Bonchev–Trinajstić information content (AvgIpc) is 3.18. The molecule has 3 aromatic rings. The number of nitrogens with zero attached hydrogens (tertiary/aromatic N) is 4. The standard InChI is InChI=1S/C26H36N4OS/c1-19-24(31)22-12-7-6-11-21(22)23-25(19)32-26(27-20-9-4-3-5-10-20)30(23)14-8-13-29-17-15-28(2)16-18-29/h6-7,11-12,20,31H,3-5,8-10,13-18H2,1-2H3/b27-26+. The predicted octanol–water partition coefficient (Wildman–Crippen LogP) is 4.74. The molecule has 1 aromatic heterocycles. The van der Waals surface area contributed by atoms with Crippen molar-refractivity contribution in [2.24, 2.45) is 4.99 Å². The molecule has 5 nitrogen and oxygen atoms in total. The fourth-order valence-corrected chi connectivity index (χ4v) is 6.58. The highest BCUT2D eigenvalue weighted by Crippen LogP contribution is 2.38. The molecule has 1 aliphatic heterocycles. The fraction of sp³-hybridized carbons (Fsp3) is 0.577. The second-order valence-electron chi connectivity index (χ2n) is 9.65. The SMILES string of the molecule is Cc1c(O)c2ccccc2c2c1s/c(=N/C1CCCCC1)n2CCCN1CCN(C)CC1. The molecule has 0 atom stereocenters. The van der Waals surface area contributed by atoms with E-state index >= 15 is 0 Å². The number of aryl methyl sites for hydroxylation is 2. The second kappa shape index (κ2) is 9.54. The van der Waals surface area contributed by atoms with Crippen LogP contribution < -0.4 is 4.80 Å². The van der Waals surface area contributed by atoms with E-state index in [-0.39, 0.29) is 0 Å². The summed E-state index contributed by atoms with van der Waals surface area (Å²) in [6.07, 6.45) is 7.49. The molecule has 0 bridgehead atoms. The van der Waals surface area contributed by atoms with Gasteiger partial charge in [0.05, 0.1) is 16.3 Å². The summed E-state index contributed by atoms with van der Waals surface area (Å²) in [5.41, 5.74) is 2.25. The molecular formula is C26H36N4OS. The van der Waals surface area contributed by atoms with Crippen LogP contribution in [0.5, 0.6) is 5.75 Å². The lowest BCUT2D eigenvalue weighted by Gasteiger charge is -2.32. The lowest BCUT2D eigenvalue weighted by atomic mass is 9.96. The third-order valence-electron chi connectivity index (χ3n) is 7.36. The van der Waals surface area contributed by atoms with Crippen LogP contribution in [0, 0.1) is 6.92 Å². The maximum Gasteiger partial charge on any atom is 0.186 e. The summed E-state index contributed by atoms with van der Waals surface area (Å²) in [7, 11) is 2.21. The van der Waals surface area contributed by atoms with Gasteiger partial charge in [-0.3, -0.25) is 4.99 Å². The minimum Gasteiger partial charge on any atom is -0.507 e. The molecule has 1 aliphatic carbocycles. The zero-order valence-electron chi connectivity index (χ0n) is 19.5. The lowest BCUT2D eigenvalue weighted by Crippen LogP contribution is -2.44. The number of hydrogen-bond acceptors (Lipinski definition) is 5. The monoisotopic (exact) mass is 452 g/mol. The van der Waals surface area contributed by atoms with Crippen LogP contribution in [0.2, 0.25) is 0 Å². The van der Waals surface area contributed by atoms with Gasteiger partial charge in [0.2, 0.25) is 0 Å². The molecule has 6 heteroatoms. The van der Waals surface area contributed by atoms with Crippen LogP contribution in [-0.4, -0.2) is 65.3 Å². The number of benzene rings is 2. The second-order valence-corrected chi connectivity index (χ2v) is 10.6. The van der Waals surface area contributed by atoms with Crippen LogP contribution in [0.3, 0.4) is 0 Å². The van der Waals surface area contributed by atoms with Crippen LogP contribution in [0.25, 0.3) is 21.0 Å². The molecule has 2 aliphatic rings. The number of likely N-dealkylation sites (N-methyl/N-ethyl adjacent to an activating group) is 1. The summed E-state index contributed by atoms with van der Waals surface area (Å²) in [5, 5.41) is 13.0. The number of fused-ring (bicyclic) bond motifs is 3. The molecule has 0 radical (unpaired) electrons. The van der Waals surface area contributed by atoms with E-state index in [0.29, 0.717) is 11.8 Å². The first-order valence-electron chi connectivity index (χ1n) is 12.3. The van der Waals surface area contributed by atoms with Gasteiger partial charge in [-0.05, 0) is 39.8 Å². The van der Waals surface area contributed by atoms with E-state index in [1.165, 1.54) is 68.5 Å². The Morgan fingerprint density at radius 2 is 1.72 bits per heavy atom. The Morgan fingerprint density at radius 1 is 1.00 bits per heavy atom. The molecule has 172 valence electrons. The number of thiazole rings is 1. The molecule has 5 rings (SSSR count). The van der Waals surface area contributed by atoms with Gasteiger partial charge < -0.3 is 19.5 Å². The van der Waals surface area contributed by atoms with Gasteiger partial charge in [0.1, 0.15) is 5.75 Å². The Bertz CT molecular complexity index is 1150. The van der Waals surface area contributed by atoms with Crippen LogP contribution >= 0.6 is 11.3 Å². The topological polar surface area (TPSA) is 44.0 Å². The molecule has 0 unspecified atom stereocenters. The van der Waals surface area contributed by atoms with Crippen molar-refractivity contribution in [2.45, 2.75) is 58.0 Å². The minimum absolute atomic E-state index is 0.420. The minimum atomic E-state index is 0.420. The summed E-state index contributed by atoms with van der Waals surface area (Å²) in [6.45, 7) is 8.84. The zero-order chi connectivity index (χ0) is 22.1. The molecule has 1 N–H and O–H groups in total. The normalized spacial score (nSPS) is 20.0. The van der Waals surface area contributed by atoms with E-state index in [0.717, 1.165) is 40.6 Å². The van der Waals surface area contributed by atoms with E-state index in [4.69, 9.17) is 4.99 Å². The molecule has 0 spiro atoms. The quantitative estimate of drug-likeness (QED) is 0.608. The first-order valence-corrected chi connectivity index (χ1v) is 13.1. The molecule has 2 heterocycles. The van der Waals surface area contributed by atoms with Gasteiger partial charge in [-0.25, -0.2) is 0 Å². The number of aromatic nitrogens is 1. The average molecular weight is 453 g/mol. The largest absolute Gasteiger partial charge is 0.507 e. The Hall–Kier alpha value is -1.89. The lowest BCUT2D eigenvalue weighted by molar-refractivity contribution is 0.151. The maximum absolute atomic E-state index is 10.9. The third kappa shape index (κ3) is 4.33. The number of hydrogen-bond donors (Lipinski definition) is 1. The van der Waals surface area contributed by atoms with Crippen LogP contribution in [0.4, 0.5) is 0 Å². The van der Waals surface area contributed by atoms with E-state index < -0.39 is 0 Å². The summed E-state index contributed by atoms with van der Waals surface area (Å²) in [4.78, 5) is 11.4. The number of aromatic hydroxyl groups is 1. The molecule has 0 amide bonds. The highest BCUT2D eigenvalue weighted by Gasteiger charge is 2.19. The number of rotatable bonds is 5. The highest BCUT2D eigenvalue weighted by atomic mass is 32.1. The number of phenolic OH excluding ortho intramolecular Hbond substituents is 1. The van der Waals surface area contributed by atoms with Gasteiger partial charge in [-0.1, -0.05) is 54.9 Å². The third-order valence-corrected chi connectivity index (χ3v) is 8.57. The molecule has 1 saturated carbocycles. The summed E-state index contributed by atoms with van der Waals surface area (Å²) >= 11 is 1.78. The Balaban J connectivity index is 1.54. The van der Waals surface area contributed by atoms with Crippen molar-refractivity contribution in [1.82, 2.24) is 14.4 Å². The van der Waals surface area contributed by atoms with E-state index in [1.807, 2.05) is 12.1 Å². The maximum atomic E-state index is 10.9. The molecule has 1 saturated heterocycles. The summed E-state index contributed by atoms with van der Waals surface area (Å²) in [6, 6.07) is 8.75. The van der Waals surface area contributed by atoms with Crippen molar-refractivity contribution in [2.75, 3.05) is 39.8 Å². The molecule has 2 fully saturated rings. The predicted molar refractivity (Wildman–Crippen MR) is 135 cm³/mol. The van der Waals surface area contributed by atoms with Crippen molar-refractivity contribution >= 4 is 32.3 Å². The van der Waals surface area contributed by atoms with E-state index in [2.05, 4.69) is 40.5 Å². The van der Waals surface area contributed by atoms with Crippen molar-refractivity contribution in [3.8, 4) is 5.75 Å². The fourth-order valence-electron chi connectivity index (χ4n) is 5.33. The first-order chi connectivity index (χ1) is 15.6. The van der Waals surface area contributed by atoms with Gasteiger partial charge in [-0.2, -0.15) is 0 Å². The van der Waals surface area contributed by atoms with Crippen molar-refractivity contribution in [3.63, 3.8) is 0 Å². The first kappa shape index (κ1) is 21.9. The van der Waals surface area contributed by atoms with Gasteiger partial charge in [0.15, 0.2) is 4.80 Å². The summed E-state index contributed by atoms with van der Waals surface area (Å²) < 4.78 is 3.66.